The summed E-state index contributed by atoms with van der Waals surface area (Å²) in [6, 6.07) is 3.92. The molecular formula is C15H16F3NO. The summed E-state index contributed by atoms with van der Waals surface area (Å²) in [7, 11) is 0. The number of halogens is 3. The van der Waals surface area contributed by atoms with Crippen LogP contribution in [0.3, 0.4) is 0 Å². The number of fused-ring (bicyclic) bond motifs is 3. The Hall–Kier alpha value is -1.52. The van der Waals surface area contributed by atoms with E-state index in [1.165, 1.54) is 23.1 Å². The third kappa shape index (κ3) is 2.30. The van der Waals surface area contributed by atoms with E-state index in [4.69, 9.17) is 0 Å². The number of benzene rings is 1. The second-order valence-electron chi connectivity index (χ2n) is 5.52. The number of carbonyl (C=O) groups excluding carboxylic acids is 1. The van der Waals surface area contributed by atoms with Crippen LogP contribution in [0.5, 0.6) is 0 Å². The maximum absolute atomic E-state index is 12.5. The fraction of sp³-hybridized carbons (Fsp3) is 0.533. The predicted octanol–water partition coefficient (Wildman–Crippen LogP) is 3.01. The van der Waals surface area contributed by atoms with Crippen molar-refractivity contribution in [2.75, 3.05) is 6.54 Å². The van der Waals surface area contributed by atoms with Crippen LogP contribution < -0.4 is 0 Å². The number of aryl methyl sites for hydroxylation is 1. The molecule has 0 fully saturated rings. The van der Waals surface area contributed by atoms with E-state index in [1.54, 1.807) is 0 Å². The highest BCUT2D eigenvalue weighted by molar-refractivity contribution is 5.82. The smallest absolute Gasteiger partial charge is 0.330 e. The van der Waals surface area contributed by atoms with Crippen molar-refractivity contribution in [2.45, 2.75) is 44.8 Å². The van der Waals surface area contributed by atoms with Gasteiger partial charge in [0.05, 0.1) is 0 Å². The largest absolute Gasteiger partial charge is 0.471 e. The van der Waals surface area contributed by atoms with Crippen LogP contribution in [0.4, 0.5) is 13.2 Å². The number of hydrogen-bond acceptors (Lipinski definition) is 1. The van der Waals surface area contributed by atoms with Crippen LogP contribution in [0.25, 0.3) is 0 Å². The molecule has 2 aliphatic rings. The molecule has 1 aliphatic heterocycles. The average molecular weight is 283 g/mol. The second kappa shape index (κ2) is 4.79. The molecule has 0 unspecified atom stereocenters. The molecule has 3 rings (SSSR count). The number of amides is 1. The minimum atomic E-state index is -4.77. The summed E-state index contributed by atoms with van der Waals surface area (Å²) in [4.78, 5) is 12.2. The highest BCUT2D eigenvalue weighted by Crippen LogP contribution is 2.31. The number of alkyl halides is 3. The summed E-state index contributed by atoms with van der Waals surface area (Å²) in [6.45, 7) is 0.253. The lowest BCUT2D eigenvalue weighted by molar-refractivity contribution is -0.186. The van der Waals surface area contributed by atoms with Gasteiger partial charge in [0.2, 0.25) is 0 Å². The van der Waals surface area contributed by atoms with E-state index in [0.717, 1.165) is 29.7 Å². The van der Waals surface area contributed by atoms with Crippen LogP contribution in [0.1, 0.15) is 35.1 Å². The molecule has 1 aliphatic carbocycles. The Bertz CT molecular complexity index is 551. The summed E-state index contributed by atoms with van der Waals surface area (Å²) < 4.78 is 37.5. The lowest BCUT2D eigenvalue weighted by Gasteiger charge is -2.32. The maximum Gasteiger partial charge on any atom is 0.471 e. The van der Waals surface area contributed by atoms with Gasteiger partial charge in [0.1, 0.15) is 0 Å². The minimum Gasteiger partial charge on any atom is -0.330 e. The zero-order valence-corrected chi connectivity index (χ0v) is 11.1. The summed E-state index contributed by atoms with van der Waals surface area (Å²) >= 11 is 0. The van der Waals surface area contributed by atoms with E-state index in [0.29, 0.717) is 6.42 Å². The molecule has 1 aromatic rings. The summed E-state index contributed by atoms with van der Waals surface area (Å²) in [6.07, 6.45) is 0.185. The molecule has 0 aromatic heterocycles. The van der Waals surface area contributed by atoms with Gasteiger partial charge in [-0.15, -0.1) is 0 Å². The molecule has 0 bridgehead atoms. The van der Waals surface area contributed by atoms with Crippen molar-refractivity contribution in [1.29, 1.82) is 0 Å². The first-order chi connectivity index (χ1) is 9.47. The molecule has 5 heteroatoms. The minimum absolute atomic E-state index is 0.0843. The van der Waals surface area contributed by atoms with Crippen LogP contribution in [0.15, 0.2) is 12.1 Å². The van der Waals surface area contributed by atoms with E-state index >= 15 is 0 Å². The van der Waals surface area contributed by atoms with Gasteiger partial charge in [-0.3, -0.25) is 4.79 Å². The first-order valence-corrected chi connectivity index (χ1v) is 6.95. The first-order valence-electron chi connectivity index (χ1n) is 6.95. The number of carbonyl (C=O) groups is 1. The summed E-state index contributed by atoms with van der Waals surface area (Å²) in [5.74, 6) is -1.72. The lowest BCUT2D eigenvalue weighted by Crippen LogP contribution is -2.44. The molecule has 2 nitrogen and oxygen atoms in total. The van der Waals surface area contributed by atoms with Crippen LogP contribution in [0.2, 0.25) is 0 Å². The van der Waals surface area contributed by atoms with Gasteiger partial charge >= 0.3 is 12.1 Å². The van der Waals surface area contributed by atoms with Crippen molar-refractivity contribution in [3.8, 4) is 0 Å². The van der Waals surface area contributed by atoms with Gasteiger partial charge in [-0.2, -0.15) is 13.2 Å². The van der Waals surface area contributed by atoms with Crippen molar-refractivity contribution in [3.63, 3.8) is 0 Å². The molecule has 0 N–H and O–H groups in total. The van der Waals surface area contributed by atoms with Gasteiger partial charge < -0.3 is 4.90 Å². The number of nitrogens with zero attached hydrogens (tertiary/aromatic N) is 1. The second-order valence-corrected chi connectivity index (χ2v) is 5.52. The number of rotatable bonds is 0. The van der Waals surface area contributed by atoms with Gasteiger partial charge in [-0.05, 0) is 54.4 Å². The van der Waals surface area contributed by atoms with E-state index in [1.807, 2.05) is 12.1 Å². The quantitative estimate of drug-likeness (QED) is 0.716. The third-order valence-electron chi connectivity index (χ3n) is 4.27. The fourth-order valence-electron chi connectivity index (χ4n) is 3.30. The Balaban J connectivity index is 1.88. The Morgan fingerprint density at radius 1 is 1.00 bits per heavy atom. The van der Waals surface area contributed by atoms with E-state index in [2.05, 4.69) is 0 Å². The highest BCUT2D eigenvalue weighted by atomic mass is 19.4. The number of hydrogen-bond donors (Lipinski definition) is 0. The Kier molecular flexibility index (Phi) is 3.22. The molecule has 0 atom stereocenters. The molecule has 0 saturated carbocycles. The summed E-state index contributed by atoms with van der Waals surface area (Å²) in [5, 5.41) is 0. The Labute approximate surface area is 115 Å². The van der Waals surface area contributed by atoms with Gasteiger partial charge in [-0.1, -0.05) is 12.1 Å². The van der Waals surface area contributed by atoms with Crippen molar-refractivity contribution < 1.29 is 18.0 Å². The standard InChI is InChI=1S/C15H16F3NO/c16-15(17,18)14(20)19-8-7-13-11(9-19)6-5-10-3-1-2-4-12(10)13/h5-6H,1-4,7-9H2. The normalized spacial score (nSPS) is 18.4. The molecule has 0 spiro atoms. The first kappa shape index (κ1) is 13.5. The van der Waals surface area contributed by atoms with Gasteiger partial charge in [0.25, 0.3) is 0 Å². The maximum atomic E-state index is 12.5. The molecular weight excluding hydrogens is 267 g/mol. The Morgan fingerprint density at radius 3 is 2.40 bits per heavy atom. The third-order valence-corrected chi connectivity index (χ3v) is 4.27. The molecule has 20 heavy (non-hydrogen) atoms. The molecule has 1 aromatic carbocycles. The zero-order chi connectivity index (χ0) is 14.3. The van der Waals surface area contributed by atoms with E-state index in [-0.39, 0.29) is 13.1 Å². The van der Waals surface area contributed by atoms with Crippen molar-refractivity contribution in [3.05, 3.63) is 34.4 Å². The van der Waals surface area contributed by atoms with Crippen LogP contribution in [-0.2, 0) is 30.6 Å². The monoisotopic (exact) mass is 283 g/mol. The SMILES string of the molecule is O=C(N1CCc2c(ccc3c2CCCC3)C1)C(F)(F)F. The van der Waals surface area contributed by atoms with Crippen LogP contribution in [-0.4, -0.2) is 23.5 Å². The molecule has 0 radical (unpaired) electrons. The van der Waals surface area contributed by atoms with Crippen LogP contribution in [0, 0.1) is 0 Å². The highest BCUT2D eigenvalue weighted by Gasteiger charge is 2.43. The molecule has 1 heterocycles. The Morgan fingerprint density at radius 2 is 1.65 bits per heavy atom. The average Bonchev–Trinajstić information content (AvgIpc) is 2.44. The van der Waals surface area contributed by atoms with Crippen molar-refractivity contribution in [1.82, 2.24) is 4.90 Å². The van der Waals surface area contributed by atoms with Gasteiger partial charge in [0.15, 0.2) is 0 Å². The molecule has 108 valence electrons. The lowest BCUT2D eigenvalue weighted by atomic mass is 9.83. The van der Waals surface area contributed by atoms with Crippen molar-refractivity contribution in [2.24, 2.45) is 0 Å². The van der Waals surface area contributed by atoms with Crippen molar-refractivity contribution >= 4 is 5.91 Å². The summed E-state index contributed by atoms with van der Waals surface area (Å²) in [5.41, 5.74) is 4.74. The molecule has 0 saturated heterocycles. The predicted molar refractivity (Wildman–Crippen MR) is 68.3 cm³/mol. The van der Waals surface area contributed by atoms with Crippen LogP contribution >= 0.6 is 0 Å². The van der Waals surface area contributed by atoms with E-state index < -0.39 is 12.1 Å². The topological polar surface area (TPSA) is 20.3 Å². The van der Waals surface area contributed by atoms with E-state index in [9.17, 15) is 18.0 Å². The zero-order valence-electron chi connectivity index (χ0n) is 11.1. The molecule has 1 amide bonds. The van der Waals surface area contributed by atoms with Gasteiger partial charge in [-0.25, -0.2) is 0 Å². The van der Waals surface area contributed by atoms with Gasteiger partial charge in [0, 0.05) is 13.1 Å². The fourth-order valence-corrected chi connectivity index (χ4v) is 3.30.